The molecule has 0 aromatic carbocycles. The van der Waals surface area contributed by atoms with Crippen LogP contribution in [0.4, 0.5) is 5.69 Å². The first-order chi connectivity index (χ1) is 8.08. The number of ether oxygens (including phenoxy) is 2. The van der Waals surface area contributed by atoms with E-state index in [9.17, 15) is 0 Å². The van der Waals surface area contributed by atoms with E-state index in [2.05, 4.69) is 15.3 Å². The van der Waals surface area contributed by atoms with Gasteiger partial charge in [-0.05, 0) is 33.0 Å². The second-order valence-corrected chi connectivity index (χ2v) is 3.57. The number of anilines is 1. The van der Waals surface area contributed by atoms with Gasteiger partial charge in [0.05, 0.1) is 18.9 Å². The smallest absolute Gasteiger partial charge is 0.320 e. The molecule has 0 spiro atoms. The Hall–Kier alpha value is -1.63. The highest BCUT2D eigenvalue weighted by Crippen LogP contribution is 2.27. The lowest BCUT2D eigenvalue weighted by molar-refractivity contribution is 0.289. The van der Waals surface area contributed by atoms with Gasteiger partial charge in [0.25, 0.3) is 0 Å². The number of hydrogen-bond acceptors (Lipinski definition) is 5. The zero-order valence-electron chi connectivity index (χ0n) is 10.1. The van der Waals surface area contributed by atoms with E-state index in [1.54, 1.807) is 6.92 Å². The van der Waals surface area contributed by atoms with Crippen LogP contribution in [0.15, 0.2) is 0 Å². The highest BCUT2D eigenvalue weighted by molar-refractivity contribution is 7.80. The fourth-order valence-corrected chi connectivity index (χ4v) is 1.33. The minimum Gasteiger partial charge on any atom is -0.476 e. The first-order valence-corrected chi connectivity index (χ1v) is 5.70. The van der Waals surface area contributed by atoms with Crippen LogP contribution in [0.3, 0.4) is 0 Å². The number of thiocarbonyl (C=S) groups is 1. The van der Waals surface area contributed by atoms with Crippen molar-refractivity contribution in [2.24, 2.45) is 5.73 Å². The van der Waals surface area contributed by atoms with Gasteiger partial charge in [-0.15, -0.1) is 0 Å². The van der Waals surface area contributed by atoms with Gasteiger partial charge < -0.3 is 20.5 Å². The third-order valence-electron chi connectivity index (χ3n) is 1.84. The van der Waals surface area contributed by atoms with Gasteiger partial charge in [-0.1, -0.05) is 0 Å². The van der Waals surface area contributed by atoms with Gasteiger partial charge in [0, 0.05) is 0 Å². The van der Waals surface area contributed by atoms with Gasteiger partial charge >= 0.3 is 6.01 Å². The molecule has 94 valence electrons. The lowest BCUT2D eigenvalue weighted by atomic mass is 10.3. The Labute approximate surface area is 106 Å². The van der Waals surface area contributed by atoms with Gasteiger partial charge in [0.1, 0.15) is 5.69 Å². The molecule has 0 bridgehead atoms. The van der Waals surface area contributed by atoms with Crippen molar-refractivity contribution in [3.05, 3.63) is 5.69 Å². The lowest BCUT2D eigenvalue weighted by Crippen LogP contribution is -2.21. The molecule has 0 fully saturated rings. The Bertz CT molecular complexity index is 412. The number of hydrogen-bond donors (Lipinski definition) is 2. The van der Waals surface area contributed by atoms with E-state index in [-0.39, 0.29) is 11.1 Å². The van der Waals surface area contributed by atoms with E-state index >= 15 is 0 Å². The highest BCUT2D eigenvalue weighted by Gasteiger charge is 2.13. The second kappa shape index (κ2) is 6.19. The summed E-state index contributed by atoms with van der Waals surface area (Å²) in [7, 11) is 0. The molecule has 0 aliphatic rings. The molecule has 1 rings (SSSR count). The van der Waals surface area contributed by atoms with Crippen molar-refractivity contribution >= 4 is 23.0 Å². The number of aryl methyl sites for hydroxylation is 1. The van der Waals surface area contributed by atoms with Crippen molar-refractivity contribution in [2.75, 3.05) is 18.5 Å². The average molecular weight is 256 g/mol. The molecule has 1 heterocycles. The molecule has 0 saturated heterocycles. The topological polar surface area (TPSA) is 82.3 Å². The van der Waals surface area contributed by atoms with Gasteiger partial charge in [-0.2, -0.15) is 9.97 Å². The predicted octanol–water partition coefficient (Wildman–Crippen LogP) is 1.24. The number of nitrogens with one attached hydrogen (secondary N) is 1. The van der Waals surface area contributed by atoms with Crippen LogP contribution in [0.1, 0.15) is 19.5 Å². The molecular weight excluding hydrogens is 240 g/mol. The number of nitrogens with two attached hydrogens (primary N) is 1. The molecule has 1 aromatic heterocycles. The van der Waals surface area contributed by atoms with Crippen molar-refractivity contribution < 1.29 is 9.47 Å². The van der Waals surface area contributed by atoms with Crippen LogP contribution in [0.5, 0.6) is 11.9 Å². The molecule has 0 aliphatic heterocycles. The molecule has 3 N–H and O–H groups in total. The van der Waals surface area contributed by atoms with E-state index in [4.69, 9.17) is 27.4 Å². The molecule has 0 radical (unpaired) electrons. The standard InChI is InChI=1S/C10H16N4O2S/c1-4-15-8-7(13-9(11)17)6(3)12-10(14-8)16-5-2/h4-5H2,1-3H3,(H3,11,13,17). The molecule has 1 aromatic rings. The maximum absolute atomic E-state index is 5.43. The molecule has 0 amide bonds. The van der Waals surface area contributed by atoms with E-state index in [0.29, 0.717) is 30.5 Å². The van der Waals surface area contributed by atoms with Crippen LogP contribution in [0.25, 0.3) is 0 Å². The summed E-state index contributed by atoms with van der Waals surface area (Å²) in [5, 5.41) is 2.94. The Morgan fingerprint density at radius 2 is 1.94 bits per heavy atom. The normalized spacial score (nSPS) is 9.82. The molecule has 6 nitrogen and oxygen atoms in total. The summed E-state index contributed by atoms with van der Waals surface area (Å²) < 4.78 is 10.6. The van der Waals surface area contributed by atoms with Crippen molar-refractivity contribution in [3.63, 3.8) is 0 Å². The highest BCUT2D eigenvalue weighted by atomic mass is 32.1. The van der Waals surface area contributed by atoms with Crippen LogP contribution in [0.2, 0.25) is 0 Å². The Balaban J connectivity index is 3.12. The summed E-state index contributed by atoms with van der Waals surface area (Å²) in [5.74, 6) is 0.385. The zero-order valence-corrected chi connectivity index (χ0v) is 10.9. The minimum absolute atomic E-state index is 0.141. The summed E-state index contributed by atoms with van der Waals surface area (Å²) in [6, 6.07) is 0.280. The summed E-state index contributed by atoms with van der Waals surface area (Å²) in [6.07, 6.45) is 0. The van der Waals surface area contributed by atoms with E-state index in [0.717, 1.165) is 0 Å². The molecule has 0 unspecified atom stereocenters. The van der Waals surface area contributed by atoms with Crippen LogP contribution >= 0.6 is 12.2 Å². The SMILES string of the molecule is CCOc1nc(C)c(NC(N)=S)c(OCC)n1. The molecule has 0 aliphatic carbocycles. The quantitative estimate of drug-likeness (QED) is 0.767. The minimum atomic E-state index is 0.141. The summed E-state index contributed by atoms with van der Waals surface area (Å²) in [6.45, 7) is 6.50. The zero-order chi connectivity index (χ0) is 12.8. The van der Waals surface area contributed by atoms with Crippen LogP contribution in [-0.2, 0) is 0 Å². The summed E-state index contributed by atoms with van der Waals surface area (Å²) >= 11 is 4.79. The van der Waals surface area contributed by atoms with E-state index in [1.807, 2.05) is 13.8 Å². The van der Waals surface area contributed by atoms with Crippen molar-refractivity contribution in [1.29, 1.82) is 0 Å². The first kappa shape index (κ1) is 13.4. The number of nitrogens with zero attached hydrogens (tertiary/aromatic N) is 2. The van der Waals surface area contributed by atoms with Crippen LogP contribution in [0, 0.1) is 6.92 Å². The lowest BCUT2D eigenvalue weighted by Gasteiger charge is -2.13. The van der Waals surface area contributed by atoms with Gasteiger partial charge in [0.2, 0.25) is 5.88 Å². The van der Waals surface area contributed by atoms with Crippen LogP contribution < -0.4 is 20.5 Å². The Morgan fingerprint density at radius 1 is 1.29 bits per heavy atom. The maximum atomic E-state index is 5.43. The average Bonchev–Trinajstić information content (AvgIpc) is 2.23. The largest absolute Gasteiger partial charge is 0.476 e. The molecule has 0 atom stereocenters. The Kier molecular flexibility index (Phi) is 4.89. The predicted molar refractivity (Wildman–Crippen MR) is 69.5 cm³/mol. The molecular formula is C10H16N4O2S. The van der Waals surface area contributed by atoms with Crippen LogP contribution in [-0.4, -0.2) is 28.3 Å². The summed E-state index contributed by atoms with van der Waals surface area (Å²) in [4.78, 5) is 8.30. The molecule has 7 heteroatoms. The van der Waals surface area contributed by atoms with Gasteiger partial charge in [-0.25, -0.2) is 0 Å². The number of aromatic nitrogens is 2. The van der Waals surface area contributed by atoms with Crippen molar-refractivity contribution in [1.82, 2.24) is 9.97 Å². The third kappa shape index (κ3) is 3.70. The maximum Gasteiger partial charge on any atom is 0.320 e. The second-order valence-electron chi connectivity index (χ2n) is 3.13. The van der Waals surface area contributed by atoms with E-state index in [1.165, 1.54) is 0 Å². The monoisotopic (exact) mass is 256 g/mol. The number of rotatable bonds is 5. The van der Waals surface area contributed by atoms with Crippen molar-refractivity contribution in [2.45, 2.75) is 20.8 Å². The van der Waals surface area contributed by atoms with Crippen molar-refractivity contribution in [3.8, 4) is 11.9 Å². The fraction of sp³-hybridized carbons (Fsp3) is 0.500. The van der Waals surface area contributed by atoms with E-state index < -0.39 is 0 Å². The first-order valence-electron chi connectivity index (χ1n) is 5.29. The third-order valence-corrected chi connectivity index (χ3v) is 1.94. The summed E-state index contributed by atoms with van der Waals surface area (Å²) in [5.41, 5.74) is 6.67. The Morgan fingerprint density at radius 3 is 2.47 bits per heavy atom. The van der Waals surface area contributed by atoms with Gasteiger partial charge in [0.15, 0.2) is 5.11 Å². The van der Waals surface area contributed by atoms with Gasteiger partial charge in [-0.3, -0.25) is 0 Å². The molecule has 17 heavy (non-hydrogen) atoms. The molecule has 0 saturated carbocycles. The fourth-order valence-electron chi connectivity index (χ4n) is 1.22.